The second-order valence-electron chi connectivity index (χ2n) is 2.39. The normalized spacial score (nSPS) is 8.83. The van der Waals surface area contributed by atoms with Crippen LogP contribution in [0.25, 0.3) is 0 Å². The number of para-hydroxylation sites is 1. The summed E-state index contributed by atoms with van der Waals surface area (Å²) in [5.41, 5.74) is 7.87. The van der Waals surface area contributed by atoms with E-state index in [-0.39, 0.29) is 12.4 Å². The highest BCUT2D eigenvalue weighted by molar-refractivity contribution is 5.85. The van der Waals surface area contributed by atoms with Gasteiger partial charge in [-0.25, -0.2) is 0 Å². The molecule has 0 heterocycles. The third-order valence-electron chi connectivity index (χ3n) is 1.60. The Morgan fingerprint density at radius 3 is 2.58 bits per heavy atom. The van der Waals surface area contributed by atoms with Crippen LogP contribution < -0.4 is 11.1 Å². The molecule has 0 bridgehead atoms. The zero-order valence-corrected chi connectivity index (χ0v) is 8.03. The molecule has 12 heavy (non-hydrogen) atoms. The Bertz CT molecular complexity index is 226. The summed E-state index contributed by atoms with van der Waals surface area (Å²) in [6.07, 6.45) is 0. The second kappa shape index (κ2) is 5.86. The van der Waals surface area contributed by atoms with Crippen LogP contribution in [-0.2, 0) is 6.54 Å². The molecule has 0 saturated heterocycles. The van der Waals surface area contributed by atoms with Gasteiger partial charge in [0.15, 0.2) is 0 Å². The van der Waals surface area contributed by atoms with Gasteiger partial charge in [-0.1, -0.05) is 18.2 Å². The van der Waals surface area contributed by atoms with Crippen molar-refractivity contribution in [2.75, 3.05) is 11.9 Å². The molecule has 0 amide bonds. The molecular weight excluding hydrogens is 172 g/mol. The van der Waals surface area contributed by atoms with Crippen LogP contribution in [0.1, 0.15) is 12.5 Å². The first-order chi connectivity index (χ1) is 5.38. The molecule has 0 saturated carbocycles. The van der Waals surface area contributed by atoms with Gasteiger partial charge in [0.25, 0.3) is 0 Å². The monoisotopic (exact) mass is 186 g/mol. The number of halogens is 1. The van der Waals surface area contributed by atoms with E-state index in [0.717, 1.165) is 12.2 Å². The van der Waals surface area contributed by atoms with Gasteiger partial charge in [-0.3, -0.25) is 0 Å². The predicted molar refractivity (Wildman–Crippen MR) is 55.7 cm³/mol. The SMILES string of the molecule is CCNc1ccccc1CN.Cl. The smallest absolute Gasteiger partial charge is 0.0385 e. The molecule has 68 valence electrons. The molecule has 1 aromatic rings. The lowest BCUT2D eigenvalue weighted by Crippen LogP contribution is -2.04. The van der Waals surface area contributed by atoms with Gasteiger partial charge in [-0.2, -0.15) is 0 Å². The Morgan fingerprint density at radius 2 is 2.00 bits per heavy atom. The first-order valence-corrected chi connectivity index (χ1v) is 3.90. The summed E-state index contributed by atoms with van der Waals surface area (Å²) in [7, 11) is 0. The van der Waals surface area contributed by atoms with Gasteiger partial charge in [0.1, 0.15) is 0 Å². The molecule has 0 spiro atoms. The van der Waals surface area contributed by atoms with Crippen LogP contribution in [0.4, 0.5) is 5.69 Å². The molecule has 1 rings (SSSR count). The van der Waals surface area contributed by atoms with Crippen molar-refractivity contribution in [1.29, 1.82) is 0 Å². The first kappa shape index (κ1) is 11.3. The molecule has 0 fully saturated rings. The molecule has 0 radical (unpaired) electrons. The van der Waals surface area contributed by atoms with Crippen LogP contribution in [0, 0.1) is 0 Å². The Hall–Kier alpha value is -0.730. The molecule has 3 heteroatoms. The summed E-state index contributed by atoms with van der Waals surface area (Å²) >= 11 is 0. The zero-order valence-electron chi connectivity index (χ0n) is 7.21. The Morgan fingerprint density at radius 1 is 1.33 bits per heavy atom. The molecular formula is C9H15ClN2. The van der Waals surface area contributed by atoms with Crippen LogP contribution in [-0.4, -0.2) is 6.54 Å². The largest absolute Gasteiger partial charge is 0.385 e. The fraction of sp³-hybridized carbons (Fsp3) is 0.333. The van der Waals surface area contributed by atoms with Gasteiger partial charge in [-0.05, 0) is 18.6 Å². The summed E-state index contributed by atoms with van der Waals surface area (Å²) in [6, 6.07) is 8.10. The van der Waals surface area contributed by atoms with Crippen molar-refractivity contribution >= 4 is 18.1 Å². The maximum absolute atomic E-state index is 5.54. The van der Waals surface area contributed by atoms with E-state index in [9.17, 15) is 0 Å². The van der Waals surface area contributed by atoms with Crippen LogP contribution in [0.3, 0.4) is 0 Å². The first-order valence-electron chi connectivity index (χ1n) is 3.90. The van der Waals surface area contributed by atoms with Gasteiger partial charge in [0.05, 0.1) is 0 Å². The van der Waals surface area contributed by atoms with E-state index in [0.29, 0.717) is 6.54 Å². The summed E-state index contributed by atoms with van der Waals surface area (Å²) in [4.78, 5) is 0. The van der Waals surface area contributed by atoms with E-state index in [1.54, 1.807) is 0 Å². The van der Waals surface area contributed by atoms with E-state index >= 15 is 0 Å². The van der Waals surface area contributed by atoms with Crippen molar-refractivity contribution < 1.29 is 0 Å². The number of benzene rings is 1. The molecule has 1 aromatic carbocycles. The highest BCUT2D eigenvalue weighted by atomic mass is 35.5. The Labute approximate surface area is 79.6 Å². The molecule has 0 aliphatic heterocycles. The molecule has 2 nitrogen and oxygen atoms in total. The maximum atomic E-state index is 5.54. The standard InChI is InChI=1S/C9H14N2.ClH/c1-2-11-9-6-4-3-5-8(9)7-10;/h3-6,11H,2,7,10H2,1H3;1H. The van der Waals surface area contributed by atoms with Crippen LogP contribution in [0.15, 0.2) is 24.3 Å². The summed E-state index contributed by atoms with van der Waals surface area (Å²) in [6.45, 7) is 3.62. The molecule has 0 aromatic heterocycles. The molecule has 0 unspecified atom stereocenters. The van der Waals surface area contributed by atoms with E-state index < -0.39 is 0 Å². The fourth-order valence-corrected chi connectivity index (χ4v) is 1.06. The molecule has 0 aliphatic rings. The van der Waals surface area contributed by atoms with Crippen molar-refractivity contribution in [2.24, 2.45) is 5.73 Å². The highest BCUT2D eigenvalue weighted by Crippen LogP contribution is 2.12. The molecule has 0 aliphatic carbocycles. The van der Waals surface area contributed by atoms with Crippen molar-refractivity contribution in [2.45, 2.75) is 13.5 Å². The van der Waals surface area contributed by atoms with Crippen LogP contribution in [0.2, 0.25) is 0 Å². The van der Waals surface area contributed by atoms with E-state index in [2.05, 4.69) is 12.2 Å². The maximum Gasteiger partial charge on any atom is 0.0385 e. The Balaban J connectivity index is 0.00000121. The minimum absolute atomic E-state index is 0. The Kier molecular flexibility index (Phi) is 5.51. The number of rotatable bonds is 3. The van der Waals surface area contributed by atoms with E-state index in [1.807, 2.05) is 24.3 Å². The quantitative estimate of drug-likeness (QED) is 0.758. The average molecular weight is 187 g/mol. The van der Waals surface area contributed by atoms with E-state index in [1.165, 1.54) is 5.56 Å². The number of nitrogens with one attached hydrogen (secondary N) is 1. The third kappa shape index (κ3) is 2.72. The average Bonchev–Trinajstić information content (AvgIpc) is 2.06. The van der Waals surface area contributed by atoms with Crippen molar-refractivity contribution in [3.8, 4) is 0 Å². The van der Waals surface area contributed by atoms with Crippen molar-refractivity contribution in [3.63, 3.8) is 0 Å². The lowest BCUT2D eigenvalue weighted by Gasteiger charge is -2.07. The van der Waals surface area contributed by atoms with E-state index in [4.69, 9.17) is 5.73 Å². The molecule has 0 atom stereocenters. The van der Waals surface area contributed by atoms with Crippen LogP contribution >= 0.6 is 12.4 Å². The zero-order chi connectivity index (χ0) is 8.10. The van der Waals surface area contributed by atoms with Gasteiger partial charge in [0.2, 0.25) is 0 Å². The van der Waals surface area contributed by atoms with Gasteiger partial charge >= 0.3 is 0 Å². The number of nitrogens with two attached hydrogens (primary N) is 1. The highest BCUT2D eigenvalue weighted by Gasteiger charge is 1.95. The van der Waals surface area contributed by atoms with Crippen molar-refractivity contribution in [1.82, 2.24) is 0 Å². The summed E-state index contributed by atoms with van der Waals surface area (Å²) in [5.74, 6) is 0. The van der Waals surface area contributed by atoms with Crippen molar-refractivity contribution in [3.05, 3.63) is 29.8 Å². The lowest BCUT2D eigenvalue weighted by atomic mass is 10.2. The van der Waals surface area contributed by atoms with Gasteiger partial charge in [-0.15, -0.1) is 12.4 Å². The summed E-state index contributed by atoms with van der Waals surface area (Å²) < 4.78 is 0. The van der Waals surface area contributed by atoms with Crippen LogP contribution in [0.5, 0.6) is 0 Å². The van der Waals surface area contributed by atoms with Gasteiger partial charge < -0.3 is 11.1 Å². The second-order valence-corrected chi connectivity index (χ2v) is 2.39. The number of anilines is 1. The number of hydrogen-bond donors (Lipinski definition) is 2. The topological polar surface area (TPSA) is 38.0 Å². The fourth-order valence-electron chi connectivity index (χ4n) is 1.06. The minimum Gasteiger partial charge on any atom is -0.385 e. The molecule has 3 N–H and O–H groups in total. The third-order valence-corrected chi connectivity index (χ3v) is 1.60. The lowest BCUT2D eigenvalue weighted by molar-refractivity contribution is 1.06. The predicted octanol–water partition coefficient (Wildman–Crippen LogP) is 2.00. The van der Waals surface area contributed by atoms with Gasteiger partial charge in [0, 0.05) is 18.8 Å². The number of hydrogen-bond acceptors (Lipinski definition) is 2. The minimum atomic E-state index is 0. The summed E-state index contributed by atoms with van der Waals surface area (Å²) in [5, 5.41) is 3.25.